The number of rotatable bonds is 10. The molecular weight excluding hydrogens is 236 g/mol. The van der Waals surface area contributed by atoms with Gasteiger partial charge in [-0.2, -0.15) is 0 Å². The van der Waals surface area contributed by atoms with Crippen molar-refractivity contribution in [1.29, 1.82) is 0 Å². The van der Waals surface area contributed by atoms with Crippen molar-refractivity contribution in [3.8, 4) is 0 Å². The van der Waals surface area contributed by atoms with E-state index in [9.17, 15) is 0 Å². The second kappa shape index (κ2) is 10.9. The van der Waals surface area contributed by atoms with E-state index in [4.69, 9.17) is 9.84 Å². The maximum atomic E-state index is 9.06. The molecule has 19 heavy (non-hydrogen) atoms. The zero-order valence-electron chi connectivity index (χ0n) is 13.0. The van der Waals surface area contributed by atoms with E-state index in [2.05, 4.69) is 40.3 Å². The summed E-state index contributed by atoms with van der Waals surface area (Å²) in [4.78, 5) is 0. The smallest absolute Gasteiger partial charge is 0.119 e. The molecule has 0 heterocycles. The van der Waals surface area contributed by atoms with Gasteiger partial charge in [0.2, 0.25) is 0 Å². The van der Waals surface area contributed by atoms with Gasteiger partial charge >= 0.3 is 0 Å². The van der Waals surface area contributed by atoms with Gasteiger partial charge in [-0.05, 0) is 37.0 Å². The highest BCUT2D eigenvalue weighted by atomic mass is 16.5. The van der Waals surface area contributed by atoms with Crippen molar-refractivity contribution in [3.05, 3.63) is 36.1 Å². The van der Waals surface area contributed by atoms with Gasteiger partial charge in [0.15, 0.2) is 0 Å². The average molecular weight is 266 g/mol. The van der Waals surface area contributed by atoms with Crippen LogP contribution >= 0.6 is 0 Å². The highest BCUT2D eigenvalue weighted by Gasteiger charge is 2.05. The van der Waals surface area contributed by atoms with Crippen LogP contribution in [0.5, 0.6) is 0 Å². The normalized spacial score (nSPS) is 15.5. The largest absolute Gasteiger partial charge is 0.491 e. The molecule has 2 atom stereocenters. The van der Waals surface area contributed by atoms with Crippen LogP contribution in [0.25, 0.3) is 0 Å². The Kier molecular flexibility index (Phi) is 10.3. The lowest BCUT2D eigenvalue weighted by Gasteiger charge is -2.16. The van der Waals surface area contributed by atoms with Crippen molar-refractivity contribution >= 4 is 0 Å². The molecule has 0 aromatic carbocycles. The standard InChI is InChI=1S/C17H30O2/c1-6-8-9-16(5)19-17(12-15(4)13-18)11-10-14(3)7-2/h10-12,14,16,18H,4,6-9,13H2,1-3,5H3/b11-10-,17-12+. The van der Waals surface area contributed by atoms with Gasteiger partial charge in [-0.25, -0.2) is 0 Å². The van der Waals surface area contributed by atoms with Crippen LogP contribution in [0.15, 0.2) is 36.1 Å². The number of ether oxygens (including phenoxy) is 1. The summed E-state index contributed by atoms with van der Waals surface area (Å²) < 4.78 is 5.92. The molecule has 0 saturated carbocycles. The Hall–Kier alpha value is -1.02. The second-order valence-electron chi connectivity index (χ2n) is 5.18. The molecule has 0 aliphatic carbocycles. The maximum Gasteiger partial charge on any atom is 0.119 e. The lowest BCUT2D eigenvalue weighted by Crippen LogP contribution is -2.07. The number of aliphatic hydroxyl groups excluding tert-OH is 1. The SMILES string of the molecule is C=C(/C=C(\C=C/C(C)CC)OC(C)CCCC)CO. The Labute approximate surface area is 118 Å². The minimum atomic E-state index is -0.0344. The first kappa shape index (κ1) is 18.0. The Balaban J connectivity index is 4.63. The van der Waals surface area contributed by atoms with Crippen molar-refractivity contribution in [2.75, 3.05) is 6.61 Å². The fourth-order valence-electron chi connectivity index (χ4n) is 1.55. The van der Waals surface area contributed by atoms with Crippen LogP contribution in [0.2, 0.25) is 0 Å². The summed E-state index contributed by atoms with van der Waals surface area (Å²) >= 11 is 0. The van der Waals surface area contributed by atoms with Crippen LogP contribution in [0.3, 0.4) is 0 Å². The summed E-state index contributed by atoms with van der Waals surface area (Å²) in [7, 11) is 0. The first-order valence-electron chi connectivity index (χ1n) is 7.38. The molecule has 0 radical (unpaired) electrons. The fraction of sp³-hybridized carbons (Fsp3) is 0.647. The lowest BCUT2D eigenvalue weighted by atomic mass is 10.1. The van der Waals surface area contributed by atoms with Gasteiger partial charge in [0.1, 0.15) is 5.76 Å². The zero-order chi connectivity index (χ0) is 14.7. The summed E-state index contributed by atoms with van der Waals surface area (Å²) in [6.07, 6.45) is 10.7. The molecule has 0 aliphatic heterocycles. The van der Waals surface area contributed by atoms with Crippen LogP contribution in [0.1, 0.15) is 53.4 Å². The predicted octanol–water partition coefficient (Wildman–Crippen LogP) is 4.62. The third kappa shape index (κ3) is 9.54. The molecule has 2 unspecified atom stereocenters. The van der Waals surface area contributed by atoms with Gasteiger partial charge in [0, 0.05) is 0 Å². The molecule has 0 aromatic rings. The number of unbranched alkanes of at least 4 members (excludes halogenated alkanes) is 1. The summed E-state index contributed by atoms with van der Waals surface area (Å²) in [5.41, 5.74) is 0.673. The molecule has 0 aromatic heterocycles. The molecule has 0 spiro atoms. The van der Waals surface area contributed by atoms with E-state index < -0.39 is 0 Å². The van der Waals surface area contributed by atoms with Crippen molar-refractivity contribution in [2.24, 2.45) is 5.92 Å². The van der Waals surface area contributed by atoms with Gasteiger partial charge in [-0.1, -0.05) is 52.7 Å². The van der Waals surface area contributed by atoms with E-state index in [1.54, 1.807) is 0 Å². The molecule has 110 valence electrons. The van der Waals surface area contributed by atoms with Gasteiger partial charge in [-0.15, -0.1) is 0 Å². The highest BCUT2D eigenvalue weighted by Crippen LogP contribution is 2.14. The van der Waals surface area contributed by atoms with Crippen LogP contribution in [-0.2, 0) is 4.74 Å². The van der Waals surface area contributed by atoms with Crippen LogP contribution in [0, 0.1) is 5.92 Å². The minimum absolute atomic E-state index is 0.0344. The zero-order valence-corrected chi connectivity index (χ0v) is 13.0. The maximum absolute atomic E-state index is 9.06. The summed E-state index contributed by atoms with van der Waals surface area (Å²) in [6, 6.07) is 0. The summed E-state index contributed by atoms with van der Waals surface area (Å²) in [6.45, 7) is 12.4. The molecule has 0 bridgehead atoms. The first-order valence-corrected chi connectivity index (χ1v) is 7.38. The predicted molar refractivity (Wildman–Crippen MR) is 83.0 cm³/mol. The van der Waals surface area contributed by atoms with E-state index in [1.807, 2.05) is 12.2 Å². The van der Waals surface area contributed by atoms with Gasteiger partial charge in [-0.3, -0.25) is 0 Å². The van der Waals surface area contributed by atoms with E-state index in [0.717, 1.165) is 18.6 Å². The highest BCUT2D eigenvalue weighted by molar-refractivity contribution is 5.25. The molecule has 1 N–H and O–H groups in total. The molecule has 2 nitrogen and oxygen atoms in total. The molecule has 0 rings (SSSR count). The lowest BCUT2D eigenvalue weighted by molar-refractivity contribution is 0.130. The molecule has 0 fully saturated rings. The Bertz CT molecular complexity index is 302. The van der Waals surface area contributed by atoms with E-state index in [1.165, 1.54) is 12.8 Å². The third-order valence-corrected chi connectivity index (χ3v) is 3.08. The van der Waals surface area contributed by atoms with Crippen LogP contribution in [-0.4, -0.2) is 17.8 Å². The van der Waals surface area contributed by atoms with Gasteiger partial charge < -0.3 is 9.84 Å². The number of aliphatic hydroxyl groups is 1. The van der Waals surface area contributed by atoms with Gasteiger partial charge in [0.25, 0.3) is 0 Å². The monoisotopic (exact) mass is 266 g/mol. The summed E-state index contributed by atoms with van der Waals surface area (Å²) in [5, 5.41) is 9.06. The Morgan fingerprint density at radius 2 is 2.00 bits per heavy atom. The Morgan fingerprint density at radius 3 is 2.53 bits per heavy atom. The quantitative estimate of drug-likeness (QED) is 0.462. The van der Waals surface area contributed by atoms with Crippen molar-refractivity contribution in [1.82, 2.24) is 0 Å². The Morgan fingerprint density at radius 1 is 1.32 bits per heavy atom. The molecule has 0 saturated heterocycles. The first-order chi connectivity index (χ1) is 9.03. The van der Waals surface area contributed by atoms with Crippen molar-refractivity contribution in [3.63, 3.8) is 0 Å². The number of hydrogen-bond acceptors (Lipinski definition) is 2. The number of allylic oxidation sites excluding steroid dienone is 2. The third-order valence-electron chi connectivity index (χ3n) is 3.08. The topological polar surface area (TPSA) is 29.5 Å². The van der Waals surface area contributed by atoms with E-state index >= 15 is 0 Å². The summed E-state index contributed by atoms with van der Waals surface area (Å²) in [5.74, 6) is 1.32. The minimum Gasteiger partial charge on any atom is -0.491 e. The molecule has 2 heteroatoms. The average Bonchev–Trinajstić information content (AvgIpc) is 2.41. The fourth-order valence-corrected chi connectivity index (χ4v) is 1.55. The van der Waals surface area contributed by atoms with Gasteiger partial charge in [0.05, 0.1) is 12.7 Å². The van der Waals surface area contributed by atoms with Crippen LogP contribution in [0.4, 0.5) is 0 Å². The molecule has 0 aliphatic rings. The van der Waals surface area contributed by atoms with E-state index in [0.29, 0.717) is 11.5 Å². The van der Waals surface area contributed by atoms with E-state index in [-0.39, 0.29) is 12.7 Å². The number of hydrogen-bond donors (Lipinski definition) is 1. The molecular formula is C17H30O2. The van der Waals surface area contributed by atoms with Crippen molar-refractivity contribution < 1.29 is 9.84 Å². The van der Waals surface area contributed by atoms with Crippen molar-refractivity contribution in [2.45, 2.75) is 59.5 Å². The second-order valence-corrected chi connectivity index (χ2v) is 5.18. The van der Waals surface area contributed by atoms with Crippen LogP contribution < -0.4 is 0 Å². The molecule has 0 amide bonds.